The number of carbonyl (C=O) groups excluding carboxylic acids is 2. The van der Waals surface area contributed by atoms with Crippen LogP contribution in [0.4, 0.5) is 5.69 Å². The Morgan fingerprint density at radius 2 is 1.88 bits per heavy atom. The van der Waals surface area contributed by atoms with Gasteiger partial charge in [-0.05, 0) is 30.9 Å². The molecule has 3 N–H and O–H groups in total. The fourth-order valence-corrected chi connectivity index (χ4v) is 4.01. The van der Waals surface area contributed by atoms with Crippen molar-refractivity contribution < 1.29 is 9.59 Å². The lowest BCUT2D eigenvalue weighted by atomic mass is 9.87. The molecule has 1 aliphatic heterocycles. The summed E-state index contributed by atoms with van der Waals surface area (Å²) in [7, 11) is 0. The molecule has 0 spiro atoms. The number of amides is 2. The second kappa shape index (κ2) is 8.54. The Labute approximate surface area is 155 Å². The Bertz CT molecular complexity index is 640. The largest absolute Gasteiger partial charge is 0.398 e. The van der Waals surface area contributed by atoms with E-state index in [1.807, 2.05) is 17.0 Å². The molecule has 2 fully saturated rings. The van der Waals surface area contributed by atoms with Crippen molar-refractivity contribution in [2.75, 3.05) is 38.5 Å². The molecule has 142 valence electrons. The molecular formula is C20H30N4O2. The van der Waals surface area contributed by atoms with Gasteiger partial charge in [-0.3, -0.25) is 14.5 Å². The fraction of sp³-hybridized carbons (Fsp3) is 0.600. The Morgan fingerprint density at radius 1 is 1.15 bits per heavy atom. The predicted molar refractivity (Wildman–Crippen MR) is 103 cm³/mol. The van der Waals surface area contributed by atoms with Gasteiger partial charge in [-0.25, -0.2) is 0 Å². The minimum absolute atomic E-state index is 0.0246. The number of carbonyl (C=O) groups is 2. The first-order valence-corrected chi connectivity index (χ1v) is 9.68. The first-order valence-electron chi connectivity index (χ1n) is 9.68. The van der Waals surface area contributed by atoms with Crippen molar-refractivity contribution >= 4 is 17.5 Å². The van der Waals surface area contributed by atoms with E-state index >= 15 is 0 Å². The van der Waals surface area contributed by atoms with Gasteiger partial charge in [0.25, 0.3) is 5.91 Å². The predicted octanol–water partition coefficient (Wildman–Crippen LogP) is 1.72. The van der Waals surface area contributed by atoms with Crippen LogP contribution in [0.5, 0.6) is 0 Å². The molecule has 3 rings (SSSR count). The Balaban J connectivity index is 1.44. The van der Waals surface area contributed by atoms with Gasteiger partial charge >= 0.3 is 0 Å². The van der Waals surface area contributed by atoms with E-state index in [-0.39, 0.29) is 11.8 Å². The topological polar surface area (TPSA) is 78.7 Å². The van der Waals surface area contributed by atoms with Crippen LogP contribution in [-0.2, 0) is 4.79 Å². The number of piperazine rings is 1. The maximum absolute atomic E-state index is 12.6. The van der Waals surface area contributed by atoms with Crippen molar-refractivity contribution in [1.82, 2.24) is 15.1 Å². The zero-order valence-corrected chi connectivity index (χ0v) is 15.6. The Morgan fingerprint density at radius 3 is 2.58 bits per heavy atom. The molecule has 6 heteroatoms. The van der Waals surface area contributed by atoms with Crippen molar-refractivity contribution in [3.8, 4) is 0 Å². The maximum atomic E-state index is 12.6. The minimum Gasteiger partial charge on any atom is -0.398 e. The second-order valence-electron chi connectivity index (χ2n) is 7.69. The van der Waals surface area contributed by atoms with Gasteiger partial charge in [0.1, 0.15) is 0 Å². The van der Waals surface area contributed by atoms with Gasteiger partial charge in [-0.1, -0.05) is 31.9 Å². The van der Waals surface area contributed by atoms with Crippen molar-refractivity contribution in [3.63, 3.8) is 0 Å². The van der Waals surface area contributed by atoms with E-state index in [9.17, 15) is 9.59 Å². The molecule has 1 heterocycles. The van der Waals surface area contributed by atoms with E-state index < -0.39 is 0 Å². The lowest BCUT2D eigenvalue weighted by molar-refractivity contribution is -0.123. The number of nitrogens with one attached hydrogen (secondary N) is 1. The van der Waals surface area contributed by atoms with E-state index in [4.69, 9.17) is 5.73 Å². The van der Waals surface area contributed by atoms with E-state index in [0.29, 0.717) is 55.9 Å². The molecule has 2 unspecified atom stereocenters. The molecule has 0 radical (unpaired) electrons. The number of para-hydroxylation sites is 1. The third kappa shape index (κ3) is 4.75. The molecule has 0 bridgehead atoms. The van der Waals surface area contributed by atoms with Crippen molar-refractivity contribution in [3.05, 3.63) is 29.8 Å². The molecule has 2 atom stereocenters. The number of nitrogens with zero attached hydrogens (tertiary/aromatic N) is 2. The number of anilines is 1. The van der Waals surface area contributed by atoms with Gasteiger partial charge in [-0.2, -0.15) is 0 Å². The Hall–Kier alpha value is -2.08. The quantitative estimate of drug-likeness (QED) is 0.804. The van der Waals surface area contributed by atoms with Crippen LogP contribution in [0.2, 0.25) is 0 Å². The molecule has 6 nitrogen and oxygen atoms in total. The summed E-state index contributed by atoms with van der Waals surface area (Å²) < 4.78 is 0. The van der Waals surface area contributed by atoms with Crippen LogP contribution in [0, 0.1) is 5.92 Å². The first-order chi connectivity index (χ1) is 12.5. The zero-order valence-electron chi connectivity index (χ0n) is 15.6. The molecular weight excluding hydrogens is 328 g/mol. The van der Waals surface area contributed by atoms with E-state index in [2.05, 4.69) is 17.1 Å². The van der Waals surface area contributed by atoms with Crippen LogP contribution in [0.1, 0.15) is 43.0 Å². The third-order valence-electron chi connectivity index (χ3n) is 5.52. The zero-order chi connectivity index (χ0) is 18.5. The van der Waals surface area contributed by atoms with Gasteiger partial charge in [0, 0.05) is 37.9 Å². The number of nitrogen functional groups attached to an aromatic ring is 1. The van der Waals surface area contributed by atoms with Crippen LogP contribution < -0.4 is 11.1 Å². The molecule has 26 heavy (non-hydrogen) atoms. The van der Waals surface area contributed by atoms with Gasteiger partial charge in [0.2, 0.25) is 5.91 Å². The summed E-state index contributed by atoms with van der Waals surface area (Å²) >= 11 is 0. The van der Waals surface area contributed by atoms with Gasteiger partial charge in [-0.15, -0.1) is 0 Å². The van der Waals surface area contributed by atoms with E-state index in [0.717, 1.165) is 12.8 Å². The summed E-state index contributed by atoms with van der Waals surface area (Å²) in [6.45, 7) is 5.36. The van der Waals surface area contributed by atoms with Crippen LogP contribution in [0.15, 0.2) is 24.3 Å². The summed E-state index contributed by atoms with van der Waals surface area (Å²) in [5.74, 6) is 0.786. The maximum Gasteiger partial charge on any atom is 0.256 e. The highest BCUT2D eigenvalue weighted by Crippen LogP contribution is 2.23. The number of hydrogen-bond acceptors (Lipinski definition) is 4. The minimum atomic E-state index is -0.0246. The van der Waals surface area contributed by atoms with Crippen LogP contribution in [0.25, 0.3) is 0 Å². The number of nitrogens with two attached hydrogens (primary N) is 1. The van der Waals surface area contributed by atoms with Gasteiger partial charge in [0.05, 0.1) is 12.1 Å². The van der Waals surface area contributed by atoms with Crippen molar-refractivity contribution in [1.29, 1.82) is 0 Å². The lowest BCUT2D eigenvalue weighted by Crippen LogP contribution is -2.52. The van der Waals surface area contributed by atoms with E-state index in [1.165, 1.54) is 12.8 Å². The molecule has 1 aromatic carbocycles. The molecule has 1 saturated carbocycles. The smallest absolute Gasteiger partial charge is 0.256 e. The SMILES string of the molecule is CC1CCCC(NC(=O)CN2CCN(C(=O)c3ccccc3N)CC2)C1. The summed E-state index contributed by atoms with van der Waals surface area (Å²) in [5.41, 5.74) is 6.98. The number of benzene rings is 1. The first kappa shape index (κ1) is 18.7. The average molecular weight is 358 g/mol. The molecule has 2 amide bonds. The normalized spacial score (nSPS) is 24.3. The molecule has 1 aliphatic carbocycles. The van der Waals surface area contributed by atoms with E-state index in [1.54, 1.807) is 12.1 Å². The molecule has 0 aromatic heterocycles. The number of rotatable bonds is 4. The molecule has 2 aliphatic rings. The van der Waals surface area contributed by atoms with Crippen LogP contribution in [-0.4, -0.2) is 60.4 Å². The van der Waals surface area contributed by atoms with Crippen molar-refractivity contribution in [2.45, 2.75) is 38.6 Å². The molecule has 1 saturated heterocycles. The number of hydrogen-bond donors (Lipinski definition) is 2. The Kier molecular flexibility index (Phi) is 6.14. The van der Waals surface area contributed by atoms with Gasteiger partial charge in [0.15, 0.2) is 0 Å². The lowest BCUT2D eigenvalue weighted by Gasteiger charge is -2.35. The highest BCUT2D eigenvalue weighted by molar-refractivity contribution is 5.99. The summed E-state index contributed by atoms with van der Waals surface area (Å²) in [6, 6.07) is 7.50. The third-order valence-corrected chi connectivity index (χ3v) is 5.52. The van der Waals surface area contributed by atoms with Crippen molar-refractivity contribution in [2.24, 2.45) is 5.92 Å². The summed E-state index contributed by atoms with van der Waals surface area (Å²) in [5, 5.41) is 3.19. The highest BCUT2D eigenvalue weighted by Gasteiger charge is 2.25. The van der Waals surface area contributed by atoms with Crippen LogP contribution in [0.3, 0.4) is 0 Å². The second-order valence-corrected chi connectivity index (χ2v) is 7.69. The summed E-state index contributed by atoms with van der Waals surface area (Å²) in [4.78, 5) is 28.9. The highest BCUT2D eigenvalue weighted by atomic mass is 16.2. The fourth-order valence-electron chi connectivity index (χ4n) is 4.01. The summed E-state index contributed by atoms with van der Waals surface area (Å²) in [6.07, 6.45) is 4.66. The standard InChI is InChI=1S/C20H30N4O2/c1-15-5-4-6-16(13-15)22-19(25)14-23-9-11-24(12-10-23)20(26)17-7-2-3-8-18(17)21/h2-3,7-8,15-16H,4-6,9-14,21H2,1H3,(H,22,25). The van der Waals surface area contributed by atoms with Gasteiger partial charge < -0.3 is 16.0 Å². The average Bonchev–Trinajstić information content (AvgIpc) is 2.62. The van der Waals surface area contributed by atoms with Crippen LogP contribution >= 0.6 is 0 Å². The molecule has 1 aromatic rings. The monoisotopic (exact) mass is 358 g/mol.